The fraction of sp³-hybridized carbons (Fsp3) is 0.692. The minimum atomic E-state index is -0.185. The molecule has 0 aromatic carbocycles. The molecule has 19 heavy (non-hydrogen) atoms. The van der Waals surface area contributed by atoms with Gasteiger partial charge in [-0.2, -0.15) is 0 Å². The molecule has 1 aromatic heterocycles. The maximum Gasteiger partial charge on any atom is 0.321 e. The Kier molecular flexibility index (Phi) is 4.79. The maximum atomic E-state index is 11.7. The molecule has 2 rings (SSSR count). The van der Waals surface area contributed by atoms with Gasteiger partial charge in [0.15, 0.2) is 0 Å². The monoisotopic (exact) mass is 265 g/mol. The number of carbonyl (C=O) groups is 1. The van der Waals surface area contributed by atoms with Crippen molar-refractivity contribution in [1.82, 2.24) is 19.8 Å². The Bertz CT molecular complexity index is 423. The topological polar surface area (TPSA) is 62.2 Å². The van der Waals surface area contributed by atoms with Crippen LogP contribution in [-0.4, -0.2) is 46.7 Å². The van der Waals surface area contributed by atoms with Crippen LogP contribution in [0.15, 0.2) is 6.20 Å². The van der Waals surface area contributed by atoms with Crippen molar-refractivity contribution in [2.45, 2.75) is 26.2 Å². The highest BCUT2D eigenvalue weighted by atomic mass is 16.2. The first-order valence-electron chi connectivity index (χ1n) is 6.98. The van der Waals surface area contributed by atoms with Gasteiger partial charge in [-0.25, -0.2) is 9.78 Å². The summed E-state index contributed by atoms with van der Waals surface area (Å²) in [6.07, 6.45) is 5.25. The lowest BCUT2D eigenvalue weighted by Gasteiger charge is -2.14. The van der Waals surface area contributed by atoms with Crippen molar-refractivity contribution in [3.05, 3.63) is 11.9 Å². The predicted molar refractivity (Wildman–Crippen MR) is 75.3 cm³/mol. The third-order valence-electron chi connectivity index (χ3n) is 3.58. The molecule has 1 aliphatic heterocycles. The first-order valence-corrected chi connectivity index (χ1v) is 6.98. The molecule has 1 aromatic rings. The lowest BCUT2D eigenvalue weighted by atomic mass is 10.4. The number of nitrogens with one attached hydrogen (secondary N) is 2. The van der Waals surface area contributed by atoms with Crippen LogP contribution in [0.5, 0.6) is 0 Å². The molecule has 2 amide bonds. The van der Waals surface area contributed by atoms with Crippen LogP contribution < -0.4 is 10.6 Å². The summed E-state index contributed by atoms with van der Waals surface area (Å²) in [4.78, 5) is 18.3. The highest BCUT2D eigenvalue weighted by Crippen LogP contribution is 2.08. The number of aromatic nitrogens is 2. The second kappa shape index (κ2) is 6.56. The number of hydrogen-bond donors (Lipinski definition) is 2. The fourth-order valence-electron chi connectivity index (χ4n) is 2.37. The number of nitrogens with zero attached hydrogens (tertiary/aromatic N) is 3. The van der Waals surface area contributed by atoms with E-state index in [0.29, 0.717) is 12.5 Å². The number of aryl methyl sites for hydroxylation is 1. The molecule has 2 N–H and O–H groups in total. The molecule has 0 atom stereocenters. The first-order chi connectivity index (χ1) is 9.20. The molecule has 106 valence electrons. The second-order valence-electron chi connectivity index (χ2n) is 4.92. The standard InChI is InChI=1S/C13H23N5O/c1-3-11-10-15-12(17(11)2)16-13(19)14-6-9-18-7-4-5-8-18/h10H,3-9H2,1-2H3,(H2,14,15,16,19). The highest BCUT2D eigenvalue weighted by Gasteiger charge is 2.12. The summed E-state index contributed by atoms with van der Waals surface area (Å²) in [5, 5.41) is 5.64. The van der Waals surface area contributed by atoms with E-state index >= 15 is 0 Å². The third-order valence-corrected chi connectivity index (χ3v) is 3.58. The van der Waals surface area contributed by atoms with E-state index in [1.807, 2.05) is 11.6 Å². The summed E-state index contributed by atoms with van der Waals surface area (Å²) in [5.41, 5.74) is 1.10. The van der Waals surface area contributed by atoms with Crippen LogP contribution in [0.1, 0.15) is 25.5 Å². The summed E-state index contributed by atoms with van der Waals surface area (Å²) in [5.74, 6) is 0.593. The number of rotatable bonds is 5. The van der Waals surface area contributed by atoms with E-state index in [1.165, 1.54) is 12.8 Å². The Balaban J connectivity index is 1.72. The van der Waals surface area contributed by atoms with Gasteiger partial charge in [-0.3, -0.25) is 5.32 Å². The van der Waals surface area contributed by atoms with Gasteiger partial charge in [0.25, 0.3) is 0 Å². The Morgan fingerprint density at radius 2 is 2.16 bits per heavy atom. The summed E-state index contributed by atoms with van der Waals surface area (Å²) >= 11 is 0. The molecule has 1 saturated heterocycles. The summed E-state index contributed by atoms with van der Waals surface area (Å²) < 4.78 is 1.90. The molecule has 0 radical (unpaired) electrons. The molecule has 1 fully saturated rings. The molecule has 0 aliphatic carbocycles. The molecule has 0 bridgehead atoms. The van der Waals surface area contributed by atoms with E-state index in [1.54, 1.807) is 6.20 Å². The van der Waals surface area contributed by atoms with Crippen molar-refractivity contribution in [1.29, 1.82) is 0 Å². The Hall–Kier alpha value is -1.56. The number of anilines is 1. The normalized spacial score (nSPS) is 15.7. The quantitative estimate of drug-likeness (QED) is 0.841. The molecule has 0 unspecified atom stereocenters. The van der Waals surface area contributed by atoms with E-state index in [9.17, 15) is 4.79 Å². The predicted octanol–water partition coefficient (Wildman–Crippen LogP) is 1.20. The van der Waals surface area contributed by atoms with Crippen molar-refractivity contribution < 1.29 is 4.79 Å². The number of carbonyl (C=O) groups excluding carboxylic acids is 1. The fourth-order valence-corrected chi connectivity index (χ4v) is 2.37. The molecule has 0 spiro atoms. The van der Waals surface area contributed by atoms with Crippen molar-refractivity contribution in [2.24, 2.45) is 7.05 Å². The Morgan fingerprint density at radius 3 is 2.79 bits per heavy atom. The van der Waals surface area contributed by atoms with Crippen molar-refractivity contribution in [3.8, 4) is 0 Å². The van der Waals surface area contributed by atoms with Gasteiger partial charge in [0.05, 0.1) is 6.20 Å². The summed E-state index contributed by atoms with van der Waals surface area (Å²) in [7, 11) is 1.91. The van der Waals surface area contributed by atoms with Crippen LogP contribution in [0.2, 0.25) is 0 Å². The van der Waals surface area contributed by atoms with Gasteiger partial charge in [0.1, 0.15) is 0 Å². The van der Waals surface area contributed by atoms with Crippen LogP contribution in [-0.2, 0) is 13.5 Å². The molecule has 6 nitrogen and oxygen atoms in total. The zero-order valence-corrected chi connectivity index (χ0v) is 11.8. The number of likely N-dealkylation sites (tertiary alicyclic amines) is 1. The van der Waals surface area contributed by atoms with Crippen molar-refractivity contribution >= 4 is 12.0 Å². The van der Waals surface area contributed by atoms with Gasteiger partial charge >= 0.3 is 6.03 Å². The average Bonchev–Trinajstić information content (AvgIpc) is 3.01. The average molecular weight is 265 g/mol. The van der Waals surface area contributed by atoms with Crippen LogP contribution in [0.4, 0.5) is 10.7 Å². The van der Waals surface area contributed by atoms with E-state index in [2.05, 4.69) is 27.4 Å². The van der Waals surface area contributed by atoms with Gasteiger partial charge in [0, 0.05) is 25.8 Å². The first kappa shape index (κ1) is 13.9. The minimum Gasteiger partial charge on any atom is -0.337 e. The van der Waals surface area contributed by atoms with Crippen molar-refractivity contribution in [2.75, 3.05) is 31.5 Å². The summed E-state index contributed by atoms with van der Waals surface area (Å²) in [6.45, 7) is 5.98. The van der Waals surface area contributed by atoms with E-state index in [0.717, 1.165) is 31.7 Å². The van der Waals surface area contributed by atoms with Gasteiger partial charge in [-0.15, -0.1) is 0 Å². The number of hydrogen-bond acceptors (Lipinski definition) is 3. The van der Waals surface area contributed by atoms with E-state index < -0.39 is 0 Å². The van der Waals surface area contributed by atoms with Gasteiger partial charge in [-0.05, 0) is 32.4 Å². The maximum absolute atomic E-state index is 11.7. The van der Waals surface area contributed by atoms with Gasteiger partial charge in [-0.1, -0.05) is 6.92 Å². The SMILES string of the molecule is CCc1cnc(NC(=O)NCCN2CCCC2)n1C. The Morgan fingerprint density at radius 1 is 1.42 bits per heavy atom. The highest BCUT2D eigenvalue weighted by molar-refractivity contribution is 5.87. The molecular weight excluding hydrogens is 242 g/mol. The van der Waals surface area contributed by atoms with Crippen LogP contribution in [0.3, 0.4) is 0 Å². The molecule has 6 heteroatoms. The summed E-state index contributed by atoms with van der Waals surface area (Å²) in [6, 6.07) is -0.185. The van der Waals surface area contributed by atoms with Crippen LogP contribution >= 0.6 is 0 Å². The number of amides is 2. The van der Waals surface area contributed by atoms with E-state index in [4.69, 9.17) is 0 Å². The molecule has 2 heterocycles. The molecule has 1 aliphatic rings. The van der Waals surface area contributed by atoms with Crippen LogP contribution in [0.25, 0.3) is 0 Å². The van der Waals surface area contributed by atoms with Gasteiger partial charge < -0.3 is 14.8 Å². The lowest BCUT2D eigenvalue weighted by Crippen LogP contribution is -2.36. The zero-order valence-electron chi connectivity index (χ0n) is 11.8. The van der Waals surface area contributed by atoms with E-state index in [-0.39, 0.29) is 6.03 Å². The number of urea groups is 1. The zero-order chi connectivity index (χ0) is 13.7. The smallest absolute Gasteiger partial charge is 0.321 e. The van der Waals surface area contributed by atoms with Crippen molar-refractivity contribution in [3.63, 3.8) is 0 Å². The number of imidazole rings is 1. The Labute approximate surface area is 114 Å². The van der Waals surface area contributed by atoms with Gasteiger partial charge in [0.2, 0.25) is 5.95 Å². The third kappa shape index (κ3) is 3.70. The minimum absolute atomic E-state index is 0.185. The molecular formula is C13H23N5O. The molecule has 0 saturated carbocycles. The largest absolute Gasteiger partial charge is 0.337 e. The van der Waals surface area contributed by atoms with Crippen LogP contribution in [0, 0.1) is 0 Å². The second-order valence-corrected chi connectivity index (χ2v) is 4.92. The lowest BCUT2D eigenvalue weighted by molar-refractivity contribution is 0.249.